The Balaban J connectivity index is 1.37. The number of anilines is 1. The van der Waals surface area contributed by atoms with Crippen molar-refractivity contribution in [2.24, 2.45) is 4.99 Å². The minimum Gasteiger partial charge on any atom is -0.361 e. The average Bonchev–Trinajstić information content (AvgIpc) is 3.17. The third-order valence-electron chi connectivity index (χ3n) is 5.07. The van der Waals surface area contributed by atoms with Gasteiger partial charge in [0.1, 0.15) is 0 Å². The van der Waals surface area contributed by atoms with Gasteiger partial charge in [-0.3, -0.25) is 4.99 Å². The number of aromatic nitrogens is 3. The van der Waals surface area contributed by atoms with E-state index in [1.54, 1.807) is 12.4 Å². The van der Waals surface area contributed by atoms with Gasteiger partial charge in [0.25, 0.3) is 0 Å². The molecule has 2 N–H and O–H groups in total. The number of benzene rings is 1. The van der Waals surface area contributed by atoms with Gasteiger partial charge in [0.2, 0.25) is 5.95 Å². The number of hydrogen-bond donors (Lipinski definition) is 2. The van der Waals surface area contributed by atoms with E-state index >= 15 is 0 Å². The van der Waals surface area contributed by atoms with Crippen LogP contribution in [0.1, 0.15) is 12.5 Å². The molecule has 2 aromatic heterocycles. The smallest absolute Gasteiger partial charge is 0.225 e. The van der Waals surface area contributed by atoms with Gasteiger partial charge in [-0.25, -0.2) is 9.97 Å². The molecule has 4 rings (SSSR count). The van der Waals surface area contributed by atoms with E-state index < -0.39 is 0 Å². The first kappa shape index (κ1) is 18.3. The van der Waals surface area contributed by atoms with E-state index in [0.717, 1.165) is 57.6 Å². The summed E-state index contributed by atoms with van der Waals surface area (Å²) in [4.78, 5) is 21.5. The first-order valence-electron chi connectivity index (χ1n) is 9.95. The Morgan fingerprint density at radius 2 is 1.89 bits per heavy atom. The van der Waals surface area contributed by atoms with Gasteiger partial charge >= 0.3 is 0 Å². The summed E-state index contributed by atoms with van der Waals surface area (Å²) in [5.41, 5.74) is 2.51. The van der Waals surface area contributed by atoms with Crippen molar-refractivity contribution in [3.05, 3.63) is 54.5 Å². The molecular weight excluding hydrogens is 350 g/mol. The average molecular weight is 377 g/mol. The maximum absolute atomic E-state index is 4.88. The highest BCUT2D eigenvalue weighted by molar-refractivity contribution is 5.83. The fraction of sp³-hybridized carbons (Fsp3) is 0.381. The van der Waals surface area contributed by atoms with Crippen molar-refractivity contribution in [2.75, 3.05) is 44.2 Å². The van der Waals surface area contributed by atoms with Crippen LogP contribution in [0.3, 0.4) is 0 Å². The number of rotatable bonds is 5. The molecule has 7 nitrogen and oxygen atoms in total. The molecule has 146 valence electrons. The molecular formula is C21H27N7. The van der Waals surface area contributed by atoms with Crippen molar-refractivity contribution < 1.29 is 0 Å². The Morgan fingerprint density at radius 1 is 1.11 bits per heavy atom. The Morgan fingerprint density at radius 3 is 2.68 bits per heavy atom. The Hall–Kier alpha value is -3.09. The quantitative estimate of drug-likeness (QED) is 0.527. The van der Waals surface area contributed by atoms with Gasteiger partial charge in [-0.15, -0.1) is 0 Å². The van der Waals surface area contributed by atoms with E-state index in [4.69, 9.17) is 4.99 Å². The largest absolute Gasteiger partial charge is 0.361 e. The molecule has 0 unspecified atom stereocenters. The molecule has 1 aromatic carbocycles. The lowest BCUT2D eigenvalue weighted by Gasteiger charge is -2.36. The van der Waals surface area contributed by atoms with Crippen LogP contribution in [-0.2, 0) is 6.42 Å². The molecule has 0 saturated carbocycles. The minimum atomic E-state index is 0.770. The molecule has 7 heteroatoms. The first-order chi connectivity index (χ1) is 13.8. The number of para-hydroxylation sites is 1. The summed E-state index contributed by atoms with van der Waals surface area (Å²) in [6.07, 6.45) is 6.62. The van der Waals surface area contributed by atoms with Crippen molar-refractivity contribution in [3.63, 3.8) is 0 Å². The zero-order chi connectivity index (χ0) is 19.2. The van der Waals surface area contributed by atoms with E-state index in [2.05, 4.69) is 67.5 Å². The lowest BCUT2D eigenvalue weighted by atomic mass is 10.1. The third kappa shape index (κ3) is 4.08. The molecule has 0 amide bonds. The number of nitrogens with zero attached hydrogens (tertiary/aromatic N) is 5. The van der Waals surface area contributed by atoms with Crippen LogP contribution < -0.4 is 10.2 Å². The van der Waals surface area contributed by atoms with E-state index in [1.165, 1.54) is 16.5 Å². The zero-order valence-electron chi connectivity index (χ0n) is 16.3. The number of hydrogen-bond acceptors (Lipinski definition) is 4. The van der Waals surface area contributed by atoms with E-state index in [1.807, 2.05) is 6.07 Å². The van der Waals surface area contributed by atoms with Crippen molar-refractivity contribution >= 4 is 22.8 Å². The second-order valence-electron chi connectivity index (χ2n) is 6.87. The molecule has 0 aliphatic carbocycles. The van der Waals surface area contributed by atoms with Crippen molar-refractivity contribution in [3.8, 4) is 0 Å². The molecule has 1 aliphatic heterocycles. The van der Waals surface area contributed by atoms with Gasteiger partial charge in [0.15, 0.2) is 5.96 Å². The maximum atomic E-state index is 4.88. The van der Waals surface area contributed by atoms with E-state index in [0.29, 0.717) is 0 Å². The predicted molar refractivity (Wildman–Crippen MR) is 114 cm³/mol. The zero-order valence-corrected chi connectivity index (χ0v) is 16.3. The summed E-state index contributed by atoms with van der Waals surface area (Å²) in [6, 6.07) is 10.3. The van der Waals surface area contributed by atoms with Gasteiger partial charge in [-0.1, -0.05) is 18.2 Å². The molecule has 1 fully saturated rings. The summed E-state index contributed by atoms with van der Waals surface area (Å²) >= 11 is 0. The van der Waals surface area contributed by atoms with E-state index in [-0.39, 0.29) is 0 Å². The van der Waals surface area contributed by atoms with E-state index in [9.17, 15) is 0 Å². The highest BCUT2D eigenvalue weighted by atomic mass is 15.4. The fourth-order valence-electron chi connectivity index (χ4n) is 3.62. The monoisotopic (exact) mass is 377 g/mol. The van der Waals surface area contributed by atoms with Gasteiger partial charge in [0.05, 0.1) is 0 Å². The topological polar surface area (TPSA) is 72.4 Å². The standard InChI is InChI=1S/C21H27N7/c1-2-22-20(25-11-8-17-16-26-19-7-4-3-6-18(17)19)27-12-14-28(15-13-27)21-23-9-5-10-24-21/h3-7,9-10,16,26H,2,8,11-15H2,1H3,(H,22,25). The van der Waals surface area contributed by atoms with Crippen molar-refractivity contribution in [1.29, 1.82) is 0 Å². The molecule has 0 atom stereocenters. The second-order valence-corrected chi connectivity index (χ2v) is 6.87. The second kappa shape index (κ2) is 8.73. The lowest BCUT2D eigenvalue weighted by Crippen LogP contribution is -2.53. The Labute approximate surface area is 165 Å². The predicted octanol–water partition coefficient (Wildman–Crippen LogP) is 2.29. The molecule has 0 bridgehead atoms. The number of aliphatic imine (C=N–C) groups is 1. The van der Waals surface area contributed by atoms with Crippen molar-refractivity contribution in [2.45, 2.75) is 13.3 Å². The number of guanidine groups is 1. The summed E-state index contributed by atoms with van der Waals surface area (Å²) in [5.74, 6) is 1.80. The highest BCUT2D eigenvalue weighted by Crippen LogP contribution is 2.18. The number of aromatic amines is 1. The summed E-state index contributed by atoms with van der Waals surface area (Å²) in [7, 11) is 0. The van der Waals surface area contributed by atoms with Gasteiger partial charge in [0, 0.05) is 68.8 Å². The summed E-state index contributed by atoms with van der Waals surface area (Å²) in [6.45, 7) is 7.38. The minimum absolute atomic E-state index is 0.770. The Kier molecular flexibility index (Phi) is 5.70. The van der Waals surface area contributed by atoms with Gasteiger partial charge < -0.3 is 20.1 Å². The van der Waals surface area contributed by atoms with Crippen LogP contribution in [0.5, 0.6) is 0 Å². The molecule has 1 aliphatic rings. The third-order valence-corrected chi connectivity index (χ3v) is 5.07. The molecule has 1 saturated heterocycles. The van der Waals surface area contributed by atoms with Crippen LogP contribution in [0.25, 0.3) is 10.9 Å². The van der Waals surface area contributed by atoms with Crippen LogP contribution in [-0.4, -0.2) is 65.1 Å². The lowest BCUT2D eigenvalue weighted by molar-refractivity contribution is 0.370. The molecule has 3 heterocycles. The summed E-state index contributed by atoms with van der Waals surface area (Å²) in [5, 5.41) is 4.73. The Bertz CT molecular complexity index is 911. The molecule has 0 radical (unpaired) electrons. The number of H-pyrrole nitrogens is 1. The number of fused-ring (bicyclic) bond motifs is 1. The summed E-state index contributed by atoms with van der Waals surface area (Å²) < 4.78 is 0. The fourth-order valence-corrected chi connectivity index (χ4v) is 3.62. The van der Waals surface area contributed by atoms with Gasteiger partial charge in [-0.05, 0) is 31.0 Å². The molecule has 0 spiro atoms. The van der Waals surface area contributed by atoms with Crippen LogP contribution in [0.2, 0.25) is 0 Å². The van der Waals surface area contributed by atoms with Gasteiger partial charge in [-0.2, -0.15) is 0 Å². The van der Waals surface area contributed by atoms with Crippen LogP contribution in [0, 0.1) is 0 Å². The van der Waals surface area contributed by atoms with Crippen molar-refractivity contribution in [1.82, 2.24) is 25.2 Å². The van der Waals surface area contributed by atoms with Crippen LogP contribution >= 0.6 is 0 Å². The highest BCUT2D eigenvalue weighted by Gasteiger charge is 2.21. The normalized spacial score (nSPS) is 15.2. The van der Waals surface area contributed by atoms with Crippen LogP contribution in [0.15, 0.2) is 53.9 Å². The maximum Gasteiger partial charge on any atom is 0.225 e. The number of piperazine rings is 1. The van der Waals surface area contributed by atoms with Crippen LogP contribution in [0.4, 0.5) is 5.95 Å². The molecule has 3 aromatic rings. The first-order valence-corrected chi connectivity index (χ1v) is 9.95. The molecule has 28 heavy (non-hydrogen) atoms. The number of nitrogens with one attached hydrogen (secondary N) is 2. The SMILES string of the molecule is CCNC(=NCCc1c[nH]c2ccccc12)N1CCN(c2ncccn2)CC1.